The van der Waals surface area contributed by atoms with Crippen molar-refractivity contribution < 1.29 is 9.59 Å². The van der Waals surface area contributed by atoms with Crippen LogP contribution in [0.4, 0.5) is 0 Å². The largest absolute Gasteiger partial charge is 0.298 e. The molecule has 2 aromatic rings. The second-order valence-electron chi connectivity index (χ2n) is 6.23. The Bertz CT molecular complexity index is 719. The first-order valence-electron chi connectivity index (χ1n) is 7.49. The molecule has 1 atom stereocenters. The van der Waals surface area contributed by atoms with Crippen molar-refractivity contribution in [3.05, 3.63) is 71.3 Å². The van der Waals surface area contributed by atoms with Gasteiger partial charge in [-0.05, 0) is 19.4 Å². The Morgan fingerprint density at radius 3 is 2.41 bits per heavy atom. The lowest BCUT2D eigenvalue weighted by atomic mass is 9.81. The van der Waals surface area contributed by atoms with E-state index in [1.54, 1.807) is 0 Å². The zero-order chi connectivity index (χ0) is 15.7. The molecular formula is C19H19NO2. The third-order valence-electron chi connectivity index (χ3n) is 4.17. The molecule has 0 aliphatic carbocycles. The molecule has 2 aromatic carbocycles. The van der Waals surface area contributed by atoms with Gasteiger partial charge in [-0.25, -0.2) is 0 Å². The van der Waals surface area contributed by atoms with E-state index in [0.717, 1.165) is 11.1 Å². The van der Waals surface area contributed by atoms with Crippen molar-refractivity contribution in [3.63, 3.8) is 0 Å². The van der Waals surface area contributed by atoms with Gasteiger partial charge in [-0.2, -0.15) is 0 Å². The summed E-state index contributed by atoms with van der Waals surface area (Å²) in [6.45, 7) is 3.73. The summed E-state index contributed by atoms with van der Waals surface area (Å²) in [6.07, 6.45) is 0.345. The van der Waals surface area contributed by atoms with Gasteiger partial charge >= 0.3 is 0 Å². The van der Waals surface area contributed by atoms with Gasteiger partial charge in [-0.15, -0.1) is 0 Å². The van der Waals surface area contributed by atoms with E-state index in [4.69, 9.17) is 0 Å². The molecule has 1 N–H and O–H groups in total. The fourth-order valence-electron chi connectivity index (χ4n) is 3.01. The maximum absolute atomic E-state index is 12.5. The quantitative estimate of drug-likeness (QED) is 0.880. The van der Waals surface area contributed by atoms with E-state index >= 15 is 0 Å². The molecular weight excluding hydrogens is 274 g/mol. The molecule has 0 saturated carbocycles. The Morgan fingerprint density at radius 1 is 1.05 bits per heavy atom. The van der Waals surface area contributed by atoms with Crippen molar-refractivity contribution in [3.8, 4) is 0 Å². The molecule has 0 aromatic heterocycles. The number of carbonyl (C=O) groups excluding carboxylic acids is 2. The molecule has 22 heavy (non-hydrogen) atoms. The predicted octanol–water partition coefficient (Wildman–Crippen LogP) is 3.57. The summed E-state index contributed by atoms with van der Waals surface area (Å²) in [5.74, 6) is 0.157. The molecule has 3 rings (SSSR count). The minimum Gasteiger partial charge on any atom is -0.298 e. The maximum Gasteiger partial charge on any atom is 0.182 e. The molecule has 112 valence electrons. The van der Waals surface area contributed by atoms with Crippen molar-refractivity contribution >= 4 is 11.6 Å². The second-order valence-corrected chi connectivity index (χ2v) is 6.23. The summed E-state index contributed by atoms with van der Waals surface area (Å²) in [5.41, 5.74) is 1.68. The Labute approximate surface area is 130 Å². The monoisotopic (exact) mass is 293 g/mol. The molecule has 1 aliphatic heterocycles. The standard InChI is InChI=1S/C19H19NO2/c1-19(2)18(22)15-11-7-6-10-14(15)16(20-19)12-17(21)13-8-4-3-5-9-13/h3-11,16,20H,12H2,1-2H3. The first-order valence-corrected chi connectivity index (χ1v) is 7.49. The van der Waals surface area contributed by atoms with Crippen LogP contribution in [0.5, 0.6) is 0 Å². The smallest absolute Gasteiger partial charge is 0.182 e. The minimum absolute atomic E-state index is 0.0755. The zero-order valence-corrected chi connectivity index (χ0v) is 12.8. The highest BCUT2D eigenvalue weighted by Crippen LogP contribution is 2.32. The van der Waals surface area contributed by atoms with Gasteiger partial charge in [0.25, 0.3) is 0 Å². The van der Waals surface area contributed by atoms with Crippen LogP contribution in [0.25, 0.3) is 0 Å². The van der Waals surface area contributed by atoms with E-state index in [1.165, 1.54) is 0 Å². The number of nitrogens with one attached hydrogen (secondary N) is 1. The average molecular weight is 293 g/mol. The van der Waals surface area contributed by atoms with Crippen LogP contribution in [0.2, 0.25) is 0 Å². The maximum atomic E-state index is 12.5. The van der Waals surface area contributed by atoms with Gasteiger partial charge in [0.1, 0.15) is 0 Å². The molecule has 3 nitrogen and oxygen atoms in total. The van der Waals surface area contributed by atoms with E-state index in [2.05, 4.69) is 5.32 Å². The number of hydrogen-bond donors (Lipinski definition) is 1. The van der Waals surface area contributed by atoms with Crippen LogP contribution in [0, 0.1) is 0 Å². The molecule has 0 bridgehead atoms. The highest BCUT2D eigenvalue weighted by molar-refractivity contribution is 6.05. The molecule has 3 heteroatoms. The average Bonchev–Trinajstić information content (AvgIpc) is 2.53. The lowest BCUT2D eigenvalue weighted by Gasteiger charge is -2.37. The number of Topliss-reactive ketones (excluding diaryl/α,β-unsaturated/α-hetero) is 2. The van der Waals surface area contributed by atoms with E-state index in [1.807, 2.05) is 68.4 Å². The van der Waals surface area contributed by atoms with Crippen LogP contribution in [0.1, 0.15) is 52.6 Å². The lowest BCUT2D eigenvalue weighted by molar-refractivity contribution is 0.0825. The fraction of sp³-hybridized carbons (Fsp3) is 0.263. The predicted molar refractivity (Wildman–Crippen MR) is 86.1 cm³/mol. The first kappa shape index (κ1) is 14.7. The summed E-state index contributed by atoms with van der Waals surface area (Å²) in [6, 6.07) is 16.7. The molecule has 0 spiro atoms. The number of carbonyl (C=O) groups is 2. The summed E-state index contributed by atoms with van der Waals surface area (Å²) >= 11 is 0. The minimum atomic E-state index is -0.657. The Balaban J connectivity index is 1.93. The van der Waals surface area contributed by atoms with Crippen molar-refractivity contribution in [2.24, 2.45) is 0 Å². The molecule has 0 fully saturated rings. The summed E-state index contributed by atoms with van der Waals surface area (Å²) in [7, 11) is 0. The van der Waals surface area contributed by atoms with Crippen LogP contribution in [-0.4, -0.2) is 17.1 Å². The normalized spacial score (nSPS) is 19.5. The van der Waals surface area contributed by atoms with Crippen LogP contribution in [0.15, 0.2) is 54.6 Å². The Kier molecular flexibility index (Phi) is 3.67. The van der Waals surface area contributed by atoms with Crippen molar-refractivity contribution in [2.75, 3.05) is 0 Å². The van der Waals surface area contributed by atoms with Gasteiger partial charge in [-0.1, -0.05) is 54.6 Å². The van der Waals surface area contributed by atoms with Gasteiger partial charge in [-0.3, -0.25) is 14.9 Å². The summed E-state index contributed by atoms with van der Waals surface area (Å²) < 4.78 is 0. The molecule has 1 aliphatic rings. The second kappa shape index (κ2) is 5.50. The summed E-state index contributed by atoms with van der Waals surface area (Å²) in [5, 5.41) is 3.33. The van der Waals surface area contributed by atoms with E-state index in [-0.39, 0.29) is 17.6 Å². The molecule has 1 heterocycles. The van der Waals surface area contributed by atoms with Gasteiger partial charge in [0.2, 0.25) is 0 Å². The van der Waals surface area contributed by atoms with Crippen LogP contribution < -0.4 is 5.32 Å². The van der Waals surface area contributed by atoms with E-state index in [0.29, 0.717) is 12.0 Å². The van der Waals surface area contributed by atoms with Crippen molar-refractivity contribution in [2.45, 2.75) is 31.8 Å². The van der Waals surface area contributed by atoms with Gasteiger partial charge in [0, 0.05) is 23.6 Å². The zero-order valence-electron chi connectivity index (χ0n) is 12.8. The third kappa shape index (κ3) is 2.60. The fourth-order valence-corrected chi connectivity index (χ4v) is 3.01. The SMILES string of the molecule is CC1(C)NC(CC(=O)c2ccccc2)c2ccccc2C1=O. The van der Waals surface area contributed by atoms with Crippen molar-refractivity contribution in [1.82, 2.24) is 5.32 Å². The van der Waals surface area contributed by atoms with E-state index < -0.39 is 5.54 Å². The highest BCUT2D eigenvalue weighted by atomic mass is 16.1. The number of hydrogen-bond acceptors (Lipinski definition) is 3. The topological polar surface area (TPSA) is 46.2 Å². The van der Waals surface area contributed by atoms with Gasteiger partial charge in [0.15, 0.2) is 11.6 Å². The Hall–Kier alpha value is -2.26. The number of benzene rings is 2. The number of ketones is 2. The highest BCUT2D eigenvalue weighted by Gasteiger charge is 2.39. The third-order valence-corrected chi connectivity index (χ3v) is 4.17. The lowest BCUT2D eigenvalue weighted by Crippen LogP contribution is -2.52. The van der Waals surface area contributed by atoms with Gasteiger partial charge < -0.3 is 0 Å². The van der Waals surface area contributed by atoms with Crippen LogP contribution >= 0.6 is 0 Å². The van der Waals surface area contributed by atoms with Crippen molar-refractivity contribution in [1.29, 1.82) is 0 Å². The number of fused-ring (bicyclic) bond motifs is 1. The summed E-state index contributed by atoms with van der Waals surface area (Å²) in [4.78, 5) is 25.0. The molecule has 0 radical (unpaired) electrons. The molecule has 0 amide bonds. The van der Waals surface area contributed by atoms with Crippen LogP contribution in [0.3, 0.4) is 0 Å². The Morgan fingerprint density at radius 2 is 1.68 bits per heavy atom. The van der Waals surface area contributed by atoms with E-state index in [9.17, 15) is 9.59 Å². The first-order chi connectivity index (χ1) is 10.5. The van der Waals surface area contributed by atoms with Crippen LogP contribution in [-0.2, 0) is 0 Å². The molecule has 0 saturated heterocycles. The number of rotatable bonds is 3. The van der Waals surface area contributed by atoms with Gasteiger partial charge in [0.05, 0.1) is 5.54 Å². The molecule has 1 unspecified atom stereocenters.